The molecule has 0 spiro atoms. The lowest BCUT2D eigenvalue weighted by Crippen LogP contribution is -2.14. The van der Waals surface area contributed by atoms with Crippen LogP contribution in [0.4, 0.5) is 4.39 Å². The summed E-state index contributed by atoms with van der Waals surface area (Å²) < 4.78 is 25.1. The van der Waals surface area contributed by atoms with E-state index >= 15 is 0 Å². The third-order valence-electron chi connectivity index (χ3n) is 4.27. The second-order valence-electron chi connectivity index (χ2n) is 6.57. The maximum Gasteiger partial charge on any atom is 0.344 e. The fourth-order valence-corrected chi connectivity index (χ4v) is 3.22. The molecule has 0 fully saturated rings. The van der Waals surface area contributed by atoms with E-state index in [0.717, 1.165) is 0 Å². The third-order valence-corrected chi connectivity index (χ3v) is 4.60. The molecule has 2 aromatic carbocycles. The standard InChI is InChI=1S/C22H24ClFO4/c1-5-14-9-16(28-12-20(26)27-6-2)11-18(23)17(14)10-15-7-8-19(25)21(13(3)4)22(15)24/h5,7-9,11,13,25H,1,6,10,12H2,2-4H3. The van der Waals surface area contributed by atoms with Gasteiger partial charge in [-0.3, -0.25) is 0 Å². The van der Waals surface area contributed by atoms with Gasteiger partial charge in [0, 0.05) is 17.0 Å². The van der Waals surface area contributed by atoms with Crippen LogP contribution in [0, 0.1) is 5.82 Å². The number of carbonyl (C=O) groups is 1. The van der Waals surface area contributed by atoms with Gasteiger partial charge in [-0.2, -0.15) is 0 Å². The molecular formula is C22H24ClFO4. The zero-order valence-corrected chi connectivity index (χ0v) is 17.0. The summed E-state index contributed by atoms with van der Waals surface area (Å²) in [6.45, 7) is 9.18. The molecule has 1 N–H and O–H groups in total. The Hall–Kier alpha value is -2.53. The van der Waals surface area contributed by atoms with Crippen LogP contribution in [0.2, 0.25) is 5.02 Å². The number of phenolic OH excluding ortho intramolecular Hbond substituents is 1. The van der Waals surface area contributed by atoms with E-state index in [1.165, 1.54) is 6.07 Å². The number of phenols is 1. The van der Waals surface area contributed by atoms with Gasteiger partial charge >= 0.3 is 5.97 Å². The van der Waals surface area contributed by atoms with Gasteiger partial charge in [0.05, 0.1) is 6.61 Å². The second-order valence-corrected chi connectivity index (χ2v) is 6.98. The first kappa shape index (κ1) is 21.8. The Balaban J connectivity index is 2.33. The van der Waals surface area contributed by atoms with Crippen molar-refractivity contribution in [1.82, 2.24) is 0 Å². The number of benzene rings is 2. The molecule has 0 unspecified atom stereocenters. The van der Waals surface area contributed by atoms with Crippen LogP contribution < -0.4 is 4.74 Å². The van der Waals surface area contributed by atoms with Gasteiger partial charge in [0.1, 0.15) is 17.3 Å². The van der Waals surface area contributed by atoms with Gasteiger partial charge in [0.15, 0.2) is 6.61 Å². The zero-order valence-electron chi connectivity index (χ0n) is 16.2. The molecule has 0 atom stereocenters. The van der Waals surface area contributed by atoms with E-state index < -0.39 is 11.8 Å². The van der Waals surface area contributed by atoms with Gasteiger partial charge < -0.3 is 14.6 Å². The first-order chi connectivity index (χ1) is 13.3. The maximum absolute atomic E-state index is 14.9. The summed E-state index contributed by atoms with van der Waals surface area (Å²) in [5.41, 5.74) is 2.05. The van der Waals surface area contributed by atoms with Crippen molar-refractivity contribution < 1.29 is 23.8 Å². The Morgan fingerprint density at radius 1 is 1.36 bits per heavy atom. The first-order valence-corrected chi connectivity index (χ1v) is 9.39. The van der Waals surface area contributed by atoms with Crippen LogP contribution in [0.15, 0.2) is 30.8 Å². The lowest BCUT2D eigenvalue weighted by atomic mass is 9.93. The van der Waals surface area contributed by atoms with Crippen LogP contribution in [0.5, 0.6) is 11.5 Å². The summed E-state index contributed by atoms with van der Waals surface area (Å²) >= 11 is 6.41. The van der Waals surface area contributed by atoms with E-state index in [2.05, 4.69) is 6.58 Å². The number of aromatic hydroxyl groups is 1. The van der Waals surface area contributed by atoms with Gasteiger partial charge in [0.25, 0.3) is 0 Å². The third kappa shape index (κ3) is 5.04. The van der Waals surface area contributed by atoms with Gasteiger partial charge in [0.2, 0.25) is 0 Å². The number of carbonyl (C=O) groups excluding carboxylic acids is 1. The van der Waals surface area contributed by atoms with Crippen LogP contribution in [0.3, 0.4) is 0 Å². The Morgan fingerprint density at radius 3 is 2.68 bits per heavy atom. The summed E-state index contributed by atoms with van der Waals surface area (Å²) in [7, 11) is 0. The van der Waals surface area contributed by atoms with E-state index in [-0.39, 0.29) is 36.9 Å². The van der Waals surface area contributed by atoms with Crippen molar-refractivity contribution in [1.29, 1.82) is 0 Å². The SMILES string of the molecule is C=Cc1cc(OCC(=O)OCC)cc(Cl)c1Cc1ccc(O)c(C(C)C)c1F. The zero-order chi connectivity index (χ0) is 20.8. The Morgan fingerprint density at radius 2 is 2.07 bits per heavy atom. The van der Waals surface area contributed by atoms with Crippen molar-refractivity contribution in [2.75, 3.05) is 13.2 Å². The summed E-state index contributed by atoms with van der Waals surface area (Å²) in [4.78, 5) is 11.5. The highest BCUT2D eigenvalue weighted by Crippen LogP contribution is 2.34. The van der Waals surface area contributed by atoms with E-state index in [1.807, 2.05) is 13.8 Å². The smallest absolute Gasteiger partial charge is 0.344 e. The monoisotopic (exact) mass is 406 g/mol. The fourth-order valence-electron chi connectivity index (χ4n) is 2.93. The minimum Gasteiger partial charge on any atom is -0.508 e. The largest absolute Gasteiger partial charge is 0.508 e. The number of rotatable bonds is 8. The highest BCUT2D eigenvalue weighted by Gasteiger charge is 2.18. The molecule has 150 valence electrons. The van der Waals surface area contributed by atoms with Crippen LogP contribution in [0.25, 0.3) is 6.08 Å². The Kier molecular flexibility index (Phi) is 7.46. The number of hydrogen-bond donors (Lipinski definition) is 1. The predicted octanol–water partition coefficient (Wildman–Crippen LogP) is 5.48. The van der Waals surface area contributed by atoms with Crippen LogP contribution >= 0.6 is 11.6 Å². The molecule has 4 nitrogen and oxygen atoms in total. The van der Waals surface area contributed by atoms with E-state index in [9.17, 15) is 14.3 Å². The highest BCUT2D eigenvalue weighted by atomic mass is 35.5. The molecule has 0 saturated carbocycles. The molecule has 0 aliphatic rings. The van der Waals surface area contributed by atoms with Crippen LogP contribution in [0.1, 0.15) is 48.9 Å². The molecule has 0 bridgehead atoms. The average molecular weight is 407 g/mol. The molecule has 0 heterocycles. The Bertz CT molecular complexity index is 877. The molecule has 0 aromatic heterocycles. The summed E-state index contributed by atoms with van der Waals surface area (Å²) in [6.07, 6.45) is 1.82. The van der Waals surface area contributed by atoms with Crippen molar-refractivity contribution >= 4 is 23.6 Å². The normalized spacial score (nSPS) is 10.8. The van der Waals surface area contributed by atoms with Crippen LogP contribution in [-0.2, 0) is 16.0 Å². The number of esters is 1. The maximum atomic E-state index is 14.9. The Labute approximate surface area is 169 Å². The average Bonchev–Trinajstić information content (AvgIpc) is 2.63. The summed E-state index contributed by atoms with van der Waals surface area (Å²) in [5, 5.41) is 10.3. The lowest BCUT2D eigenvalue weighted by molar-refractivity contribution is -0.145. The minimum atomic E-state index is -0.477. The quantitative estimate of drug-likeness (QED) is 0.589. The van der Waals surface area contributed by atoms with Crippen LogP contribution in [-0.4, -0.2) is 24.3 Å². The molecule has 28 heavy (non-hydrogen) atoms. The molecule has 6 heteroatoms. The number of halogens is 2. The number of ether oxygens (including phenoxy) is 2. The predicted molar refractivity (Wildman–Crippen MR) is 109 cm³/mol. The van der Waals surface area contributed by atoms with Gasteiger partial charge in [-0.1, -0.05) is 44.2 Å². The van der Waals surface area contributed by atoms with Crippen molar-refractivity contribution in [3.8, 4) is 11.5 Å². The molecule has 2 rings (SSSR count). The van der Waals surface area contributed by atoms with Gasteiger partial charge in [-0.25, -0.2) is 9.18 Å². The van der Waals surface area contributed by atoms with E-state index in [4.69, 9.17) is 21.1 Å². The van der Waals surface area contributed by atoms with Gasteiger partial charge in [-0.15, -0.1) is 0 Å². The highest BCUT2D eigenvalue weighted by molar-refractivity contribution is 6.31. The molecular weight excluding hydrogens is 383 g/mol. The van der Waals surface area contributed by atoms with E-state index in [0.29, 0.717) is 27.5 Å². The fraction of sp³-hybridized carbons (Fsp3) is 0.318. The molecule has 0 amide bonds. The van der Waals surface area contributed by atoms with Crippen molar-refractivity contribution in [2.24, 2.45) is 0 Å². The minimum absolute atomic E-state index is 0.0611. The van der Waals surface area contributed by atoms with Crippen molar-refractivity contribution in [3.63, 3.8) is 0 Å². The van der Waals surface area contributed by atoms with Crippen molar-refractivity contribution in [3.05, 3.63) is 63.9 Å². The van der Waals surface area contributed by atoms with E-state index in [1.54, 1.807) is 31.2 Å². The lowest BCUT2D eigenvalue weighted by Gasteiger charge is -2.16. The molecule has 0 aliphatic carbocycles. The number of hydrogen-bond acceptors (Lipinski definition) is 4. The summed E-state index contributed by atoms with van der Waals surface area (Å²) in [6, 6.07) is 6.30. The van der Waals surface area contributed by atoms with Crippen molar-refractivity contribution in [2.45, 2.75) is 33.1 Å². The van der Waals surface area contributed by atoms with Gasteiger partial charge in [-0.05, 0) is 47.7 Å². The summed E-state index contributed by atoms with van der Waals surface area (Å²) in [5.74, 6) is -0.744. The molecule has 0 radical (unpaired) electrons. The first-order valence-electron chi connectivity index (χ1n) is 9.01. The second kappa shape index (κ2) is 9.60. The molecule has 0 aliphatic heterocycles. The molecule has 2 aromatic rings. The topological polar surface area (TPSA) is 55.8 Å². The molecule has 0 saturated heterocycles.